The van der Waals surface area contributed by atoms with E-state index >= 15 is 0 Å². The molecule has 0 radical (unpaired) electrons. The van der Waals surface area contributed by atoms with Gasteiger partial charge in [-0.25, -0.2) is 18.4 Å². The molecule has 8 heteroatoms. The number of nitrogens with one attached hydrogen (secondary N) is 1. The van der Waals surface area contributed by atoms with Gasteiger partial charge in [0.25, 0.3) is 0 Å². The fourth-order valence-electron chi connectivity index (χ4n) is 3.06. The van der Waals surface area contributed by atoms with Gasteiger partial charge < -0.3 is 4.90 Å². The molecule has 3 rings (SSSR count). The molecule has 1 atom stereocenters. The number of aromatic amines is 1. The fraction of sp³-hybridized carbons (Fsp3) is 0.500. The first-order valence-electron chi connectivity index (χ1n) is 7.16. The lowest BCUT2D eigenvalue weighted by molar-refractivity contribution is 0.355. The van der Waals surface area contributed by atoms with E-state index in [-0.39, 0.29) is 10.3 Å². The zero-order valence-corrected chi connectivity index (χ0v) is 13.5. The van der Waals surface area contributed by atoms with Gasteiger partial charge in [-0.2, -0.15) is 5.10 Å². The van der Waals surface area contributed by atoms with Gasteiger partial charge in [0.1, 0.15) is 4.90 Å². The highest BCUT2D eigenvalue weighted by atomic mass is 32.2. The van der Waals surface area contributed by atoms with Gasteiger partial charge in [0.05, 0.1) is 11.9 Å². The van der Waals surface area contributed by atoms with E-state index in [1.165, 1.54) is 12.5 Å². The van der Waals surface area contributed by atoms with Crippen LogP contribution in [0.1, 0.15) is 25.5 Å². The second kappa shape index (κ2) is 5.35. The minimum atomic E-state index is -3.30. The van der Waals surface area contributed by atoms with E-state index in [0.29, 0.717) is 18.2 Å². The van der Waals surface area contributed by atoms with Crippen LogP contribution in [0.5, 0.6) is 0 Å². The molecule has 1 fully saturated rings. The number of hydrogen-bond acceptors (Lipinski definition) is 6. The highest BCUT2D eigenvalue weighted by Crippen LogP contribution is 2.36. The topological polar surface area (TPSA) is 91.8 Å². The summed E-state index contributed by atoms with van der Waals surface area (Å²) in [6.45, 7) is 3.58. The number of aromatic nitrogens is 4. The Labute approximate surface area is 129 Å². The SMILES string of the molecule is C[C@@]1(c2[nH]ncc2S(C)(=O)=O)CCCN(c2ncccn2)C1. The smallest absolute Gasteiger partial charge is 0.225 e. The van der Waals surface area contributed by atoms with Gasteiger partial charge >= 0.3 is 0 Å². The van der Waals surface area contributed by atoms with E-state index in [1.807, 2.05) is 0 Å². The number of sulfone groups is 1. The highest BCUT2D eigenvalue weighted by Gasteiger charge is 2.38. The first-order valence-corrected chi connectivity index (χ1v) is 9.05. The zero-order valence-electron chi connectivity index (χ0n) is 12.7. The molecule has 118 valence electrons. The summed E-state index contributed by atoms with van der Waals surface area (Å²) in [4.78, 5) is 11.0. The van der Waals surface area contributed by atoms with Crippen LogP contribution in [0.25, 0.3) is 0 Å². The summed E-state index contributed by atoms with van der Waals surface area (Å²) in [5.74, 6) is 0.675. The van der Waals surface area contributed by atoms with E-state index in [0.717, 1.165) is 19.4 Å². The van der Waals surface area contributed by atoms with Crippen LogP contribution in [-0.4, -0.2) is 47.9 Å². The Morgan fingerprint density at radius 2 is 2.05 bits per heavy atom. The zero-order chi connectivity index (χ0) is 15.8. The summed E-state index contributed by atoms with van der Waals surface area (Å²) < 4.78 is 23.9. The molecular weight excluding hydrogens is 302 g/mol. The van der Waals surface area contributed by atoms with E-state index in [9.17, 15) is 8.42 Å². The molecule has 22 heavy (non-hydrogen) atoms. The van der Waals surface area contributed by atoms with E-state index in [1.54, 1.807) is 18.5 Å². The normalized spacial score (nSPS) is 22.7. The van der Waals surface area contributed by atoms with Crippen LogP contribution >= 0.6 is 0 Å². The number of nitrogens with zero attached hydrogens (tertiary/aromatic N) is 4. The van der Waals surface area contributed by atoms with Crippen molar-refractivity contribution in [3.8, 4) is 0 Å². The molecule has 1 aliphatic rings. The maximum absolute atomic E-state index is 12.0. The van der Waals surface area contributed by atoms with Crippen LogP contribution in [0.4, 0.5) is 5.95 Å². The van der Waals surface area contributed by atoms with E-state index < -0.39 is 9.84 Å². The molecule has 0 aliphatic carbocycles. The van der Waals surface area contributed by atoms with E-state index in [2.05, 4.69) is 32.0 Å². The van der Waals surface area contributed by atoms with Crippen LogP contribution < -0.4 is 4.90 Å². The molecule has 2 aromatic heterocycles. The van der Waals surface area contributed by atoms with Gasteiger partial charge in [0.15, 0.2) is 9.84 Å². The predicted octanol–water partition coefficient (Wildman–Crippen LogP) is 1.16. The lowest BCUT2D eigenvalue weighted by Gasteiger charge is -2.40. The van der Waals surface area contributed by atoms with Gasteiger partial charge in [-0.3, -0.25) is 5.10 Å². The Kier molecular flexibility index (Phi) is 3.64. The van der Waals surface area contributed by atoms with Crippen LogP contribution in [0.15, 0.2) is 29.6 Å². The summed E-state index contributed by atoms with van der Waals surface area (Å²) >= 11 is 0. The second-order valence-corrected chi connectivity index (χ2v) is 8.00. The average molecular weight is 321 g/mol. The van der Waals surface area contributed by atoms with Gasteiger partial charge in [-0.1, -0.05) is 6.92 Å². The summed E-state index contributed by atoms with van der Waals surface area (Å²) in [6.07, 6.45) is 7.87. The first kappa shape index (κ1) is 15.0. The molecule has 0 amide bonds. The molecule has 1 saturated heterocycles. The highest BCUT2D eigenvalue weighted by molar-refractivity contribution is 7.90. The van der Waals surface area contributed by atoms with Crippen molar-refractivity contribution in [3.63, 3.8) is 0 Å². The summed E-state index contributed by atoms with van der Waals surface area (Å²) in [5.41, 5.74) is 0.349. The molecule has 1 N–H and O–H groups in total. The largest absolute Gasteiger partial charge is 0.340 e. The first-order chi connectivity index (χ1) is 10.4. The van der Waals surface area contributed by atoms with Crippen molar-refractivity contribution in [1.29, 1.82) is 0 Å². The molecule has 1 aliphatic heterocycles. The molecule has 0 saturated carbocycles. The molecule has 2 aromatic rings. The number of piperidine rings is 1. The molecule has 0 spiro atoms. The van der Waals surface area contributed by atoms with Gasteiger partial charge in [0.2, 0.25) is 5.95 Å². The lowest BCUT2D eigenvalue weighted by Crippen LogP contribution is -2.45. The molecule has 0 unspecified atom stereocenters. The Morgan fingerprint density at radius 1 is 1.32 bits per heavy atom. The molecular formula is C14H19N5O2S. The number of hydrogen-bond donors (Lipinski definition) is 1. The van der Waals surface area contributed by atoms with Crippen LogP contribution in [0.3, 0.4) is 0 Å². The number of anilines is 1. The van der Waals surface area contributed by atoms with Gasteiger partial charge in [0, 0.05) is 37.2 Å². The van der Waals surface area contributed by atoms with Crippen LogP contribution in [0, 0.1) is 0 Å². The third-order valence-electron chi connectivity index (χ3n) is 4.14. The Morgan fingerprint density at radius 3 is 2.73 bits per heavy atom. The molecule has 3 heterocycles. The van der Waals surface area contributed by atoms with Crippen molar-refractivity contribution in [1.82, 2.24) is 20.2 Å². The standard InChI is InChI=1S/C14H19N5O2S/c1-14(12-11(9-17-18-12)22(2,20)21)5-3-8-19(10-14)13-15-6-4-7-16-13/h4,6-7,9H,3,5,8,10H2,1-2H3,(H,17,18)/t14-/m1/s1. The Bertz CT molecular complexity index is 759. The van der Waals surface area contributed by atoms with Gasteiger partial charge in [-0.15, -0.1) is 0 Å². The van der Waals surface area contributed by atoms with Crippen molar-refractivity contribution in [2.75, 3.05) is 24.2 Å². The van der Waals surface area contributed by atoms with Crippen LogP contribution in [-0.2, 0) is 15.3 Å². The average Bonchev–Trinajstić information content (AvgIpc) is 2.99. The number of rotatable bonds is 3. The molecule has 0 bridgehead atoms. The minimum absolute atomic E-state index is 0.283. The van der Waals surface area contributed by atoms with Crippen molar-refractivity contribution in [3.05, 3.63) is 30.4 Å². The van der Waals surface area contributed by atoms with Crippen molar-refractivity contribution >= 4 is 15.8 Å². The Balaban J connectivity index is 1.95. The lowest BCUT2D eigenvalue weighted by atomic mass is 9.79. The van der Waals surface area contributed by atoms with E-state index in [4.69, 9.17) is 0 Å². The summed E-state index contributed by atoms with van der Waals surface area (Å²) in [6, 6.07) is 1.78. The third kappa shape index (κ3) is 2.70. The van der Waals surface area contributed by atoms with Crippen molar-refractivity contribution in [2.45, 2.75) is 30.1 Å². The maximum atomic E-state index is 12.0. The summed E-state index contributed by atoms with van der Waals surface area (Å²) in [7, 11) is -3.30. The molecule has 7 nitrogen and oxygen atoms in total. The van der Waals surface area contributed by atoms with Crippen LogP contribution in [0.2, 0.25) is 0 Å². The summed E-state index contributed by atoms with van der Waals surface area (Å²) in [5, 5.41) is 6.85. The van der Waals surface area contributed by atoms with Crippen molar-refractivity contribution in [2.24, 2.45) is 0 Å². The molecule has 0 aromatic carbocycles. The minimum Gasteiger partial charge on any atom is -0.340 e. The number of H-pyrrole nitrogens is 1. The fourth-order valence-corrected chi connectivity index (χ4v) is 3.96. The monoisotopic (exact) mass is 321 g/mol. The maximum Gasteiger partial charge on any atom is 0.225 e. The van der Waals surface area contributed by atoms with Crippen molar-refractivity contribution < 1.29 is 8.42 Å². The quantitative estimate of drug-likeness (QED) is 0.912. The second-order valence-electron chi connectivity index (χ2n) is 6.02. The predicted molar refractivity (Wildman–Crippen MR) is 82.5 cm³/mol. The van der Waals surface area contributed by atoms with Gasteiger partial charge in [-0.05, 0) is 18.9 Å². The Hall–Kier alpha value is -1.96. The third-order valence-corrected chi connectivity index (χ3v) is 5.25.